The number of sulfone groups is 1. The molecule has 188 valence electrons. The first kappa shape index (κ1) is 25.1. The lowest BCUT2D eigenvalue weighted by atomic mass is 10.0. The summed E-state index contributed by atoms with van der Waals surface area (Å²) >= 11 is 1.13. The van der Waals surface area contributed by atoms with E-state index in [1.165, 1.54) is 49.0 Å². The average molecular weight is 534 g/mol. The highest BCUT2D eigenvalue weighted by atomic mass is 32.2. The van der Waals surface area contributed by atoms with Crippen molar-refractivity contribution in [1.82, 2.24) is 15.5 Å². The van der Waals surface area contributed by atoms with Crippen molar-refractivity contribution in [2.45, 2.75) is 0 Å². The topological polar surface area (TPSA) is 153 Å². The maximum absolute atomic E-state index is 13.5. The lowest BCUT2D eigenvalue weighted by Crippen LogP contribution is -2.21. The maximum Gasteiger partial charge on any atom is 0.264 e. The number of furan rings is 1. The largest absolute Gasteiger partial charge is 0.482 e. The zero-order valence-corrected chi connectivity index (χ0v) is 20.6. The number of aromatic nitrogens is 2. The summed E-state index contributed by atoms with van der Waals surface area (Å²) < 4.78 is 48.6. The van der Waals surface area contributed by atoms with Crippen LogP contribution in [-0.2, 0) is 14.6 Å². The Bertz CT molecular complexity index is 1520. The molecular weight excluding hydrogens is 513 g/mol. The number of halogens is 1. The molecule has 14 heteroatoms. The number of amides is 2. The predicted molar refractivity (Wildman–Crippen MR) is 132 cm³/mol. The number of ether oxygens (including phenoxy) is 1. The van der Waals surface area contributed by atoms with Crippen molar-refractivity contribution < 1.29 is 31.6 Å². The fourth-order valence-electron chi connectivity index (χ4n) is 3.27. The van der Waals surface area contributed by atoms with Gasteiger partial charge in [-0.3, -0.25) is 14.9 Å². The molecule has 2 aromatic heterocycles. The molecule has 0 fully saturated rings. The van der Waals surface area contributed by atoms with Crippen LogP contribution < -0.4 is 20.7 Å². The van der Waals surface area contributed by atoms with Crippen LogP contribution in [0.15, 0.2) is 46.3 Å². The minimum atomic E-state index is -3.42. The van der Waals surface area contributed by atoms with Crippen LogP contribution in [0, 0.1) is 5.82 Å². The van der Waals surface area contributed by atoms with E-state index in [1.54, 1.807) is 0 Å². The van der Waals surface area contributed by atoms with E-state index >= 15 is 0 Å². The average Bonchev–Trinajstić information content (AvgIpc) is 3.48. The quantitative estimate of drug-likeness (QED) is 0.295. The van der Waals surface area contributed by atoms with Crippen molar-refractivity contribution in [3.63, 3.8) is 0 Å². The third kappa shape index (κ3) is 5.78. The smallest absolute Gasteiger partial charge is 0.264 e. The van der Waals surface area contributed by atoms with Gasteiger partial charge in [0.1, 0.15) is 34.3 Å². The third-order valence-corrected chi connectivity index (χ3v) is 6.12. The molecule has 0 aliphatic carbocycles. The van der Waals surface area contributed by atoms with Crippen molar-refractivity contribution in [1.29, 1.82) is 0 Å². The Balaban J connectivity index is 1.76. The van der Waals surface area contributed by atoms with E-state index in [9.17, 15) is 22.4 Å². The molecule has 0 saturated heterocycles. The Labute approximate surface area is 208 Å². The molecule has 0 saturated carbocycles. The number of hydrogen-bond donors (Lipinski definition) is 3. The summed E-state index contributed by atoms with van der Waals surface area (Å²) in [6, 6.07) is 8.35. The van der Waals surface area contributed by atoms with E-state index in [4.69, 9.17) is 9.15 Å². The van der Waals surface area contributed by atoms with E-state index in [0.717, 1.165) is 17.6 Å². The first-order chi connectivity index (χ1) is 17.1. The molecule has 0 atom stereocenters. The molecule has 3 N–H and O–H groups in total. The number of carbonyl (C=O) groups is 2. The van der Waals surface area contributed by atoms with E-state index < -0.39 is 40.0 Å². The molecule has 0 bridgehead atoms. The summed E-state index contributed by atoms with van der Waals surface area (Å²) in [4.78, 5) is 25.1. The Kier molecular flexibility index (Phi) is 7.17. The van der Waals surface area contributed by atoms with Gasteiger partial charge in [-0.05, 0) is 30.3 Å². The normalized spacial score (nSPS) is 11.3. The molecule has 0 radical (unpaired) electrons. The van der Waals surface area contributed by atoms with Crippen molar-refractivity contribution in [2.24, 2.45) is 0 Å². The molecule has 0 spiro atoms. The van der Waals surface area contributed by atoms with Crippen LogP contribution in [0.1, 0.15) is 10.4 Å². The molecular formula is C22H20FN5O6S2. The van der Waals surface area contributed by atoms with Gasteiger partial charge in [-0.15, -0.1) is 10.2 Å². The number of nitrogens with one attached hydrogen (secondary N) is 3. The molecule has 36 heavy (non-hydrogen) atoms. The van der Waals surface area contributed by atoms with Gasteiger partial charge in [-0.25, -0.2) is 12.8 Å². The van der Waals surface area contributed by atoms with Crippen LogP contribution in [0.5, 0.6) is 5.75 Å². The number of anilines is 2. The zero-order valence-electron chi connectivity index (χ0n) is 19.0. The summed E-state index contributed by atoms with van der Waals surface area (Å²) in [5.74, 6) is -1.57. The van der Waals surface area contributed by atoms with E-state index in [1.807, 2.05) is 0 Å². The highest BCUT2D eigenvalue weighted by Crippen LogP contribution is 2.39. The number of carbonyl (C=O) groups excluding carboxylic acids is 2. The van der Waals surface area contributed by atoms with Crippen molar-refractivity contribution in [3.8, 4) is 17.1 Å². The molecule has 0 unspecified atom stereocenters. The minimum absolute atomic E-state index is 0.107. The molecule has 0 aliphatic rings. The first-order valence-electron chi connectivity index (χ1n) is 10.3. The van der Waals surface area contributed by atoms with Gasteiger partial charge in [0.2, 0.25) is 5.13 Å². The molecule has 4 aromatic rings. The number of hydrogen-bond acceptors (Lipinski definition) is 10. The Morgan fingerprint density at radius 1 is 1.19 bits per heavy atom. The Morgan fingerprint density at radius 2 is 1.94 bits per heavy atom. The summed E-state index contributed by atoms with van der Waals surface area (Å²) in [6.45, 7) is -0.434. The lowest BCUT2D eigenvalue weighted by molar-refractivity contribution is -0.118. The Morgan fingerprint density at radius 3 is 2.58 bits per heavy atom. The van der Waals surface area contributed by atoms with Crippen LogP contribution in [0.3, 0.4) is 0 Å². The van der Waals surface area contributed by atoms with Crippen molar-refractivity contribution in [2.75, 3.05) is 36.4 Å². The second-order valence-electron chi connectivity index (χ2n) is 7.56. The van der Waals surface area contributed by atoms with Crippen molar-refractivity contribution in [3.05, 3.63) is 53.3 Å². The number of nitrogens with zero attached hydrogens (tertiary/aromatic N) is 2. The van der Waals surface area contributed by atoms with Gasteiger partial charge in [0.25, 0.3) is 11.8 Å². The summed E-state index contributed by atoms with van der Waals surface area (Å²) in [5.41, 5.74) is 2.54. The molecule has 11 nitrogen and oxygen atoms in total. The second kappa shape index (κ2) is 10.3. The van der Waals surface area contributed by atoms with E-state index in [2.05, 4.69) is 26.1 Å². The van der Waals surface area contributed by atoms with Crippen LogP contribution in [0.4, 0.5) is 15.2 Å². The number of rotatable bonds is 9. The fraction of sp³-hybridized carbons (Fsp3) is 0.182. The highest BCUT2D eigenvalue weighted by Gasteiger charge is 2.24. The summed E-state index contributed by atoms with van der Waals surface area (Å²) in [6.07, 6.45) is 1.05. The van der Waals surface area contributed by atoms with Crippen molar-refractivity contribution >= 4 is 54.8 Å². The zero-order chi connectivity index (χ0) is 25.9. The fourth-order valence-corrected chi connectivity index (χ4v) is 4.15. The van der Waals surface area contributed by atoms with Crippen LogP contribution >= 0.6 is 11.3 Å². The highest BCUT2D eigenvalue weighted by molar-refractivity contribution is 7.90. The summed E-state index contributed by atoms with van der Waals surface area (Å²) in [7, 11) is -1.96. The van der Waals surface area contributed by atoms with Gasteiger partial charge < -0.3 is 19.8 Å². The van der Waals surface area contributed by atoms with Gasteiger partial charge in [0.05, 0.1) is 11.3 Å². The van der Waals surface area contributed by atoms with Gasteiger partial charge >= 0.3 is 0 Å². The van der Waals surface area contributed by atoms with E-state index in [-0.39, 0.29) is 33.5 Å². The molecule has 4 rings (SSSR count). The maximum atomic E-state index is 13.5. The van der Waals surface area contributed by atoms with Gasteiger partial charge in [0.15, 0.2) is 16.4 Å². The van der Waals surface area contributed by atoms with Crippen LogP contribution in [0.2, 0.25) is 0 Å². The standard InChI is InChI=1S/C22H20FN5O6S2/c1-24-21(30)19-14-7-17(33-9-18(29)27-22-28-26-10-35-22)15(25-11-36(2,31)32)8-16(14)34-20(19)12-3-5-13(23)6-4-12/h3-8,10,25H,9,11H2,1-2H3,(H,24,30)(H,27,28,29). The van der Waals surface area contributed by atoms with Crippen LogP contribution in [0.25, 0.3) is 22.3 Å². The molecule has 2 heterocycles. The second-order valence-corrected chi connectivity index (χ2v) is 10.5. The molecule has 2 aromatic carbocycles. The predicted octanol–water partition coefficient (Wildman–Crippen LogP) is 2.88. The van der Waals surface area contributed by atoms with E-state index in [0.29, 0.717) is 10.9 Å². The van der Waals surface area contributed by atoms with Gasteiger partial charge in [-0.2, -0.15) is 0 Å². The lowest BCUT2D eigenvalue weighted by Gasteiger charge is -2.13. The summed E-state index contributed by atoms with van der Waals surface area (Å²) in [5, 5.41) is 15.8. The number of benzene rings is 2. The van der Waals surface area contributed by atoms with Gasteiger partial charge in [0, 0.05) is 30.3 Å². The third-order valence-electron chi connectivity index (χ3n) is 4.84. The van der Waals surface area contributed by atoms with Gasteiger partial charge in [-0.1, -0.05) is 11.3 Å². The monoisotopic (exact) mass is 533 g/mol. The minimum Gasteiger partial charge on any atom is -0.482 e. The SMILES string of the molecule is CNC(=O)c1c(-c2ccc(F)cc2)oc2cc(NCS(C)(=O)=O)c(OCC(=O)Nc3nncs3)cc12. The number of fused-ring (bicyclic) bond motifs is 1. The van der Waals surface area contributed by atoms with Crippen LogP contribution in [-0.4, -0.2) is 56.2 Å². The first-order valence-corrected chi connectivity index (χ1v) is 13.3. The molecule has 0 aliphatic heterocycles. The molecule has 2 amide bonds. The Hall–Kier alpha value is -4.04.